The van der Waals surface area contributed by atoms with E-state index in [-0.39, 0.29) is 29.1 Å². The predicted molar refractivity (Wildman–Crippen MR) is 98.4 cm³/mol. The lowest BCUT2D eigenvalue weighted by molar-refractivity contribution is 0.0936. The van der Waals surface area contributed by atoms with Gasteiger partial charge in [-0.3, -0.25) is 4.79 Å². The molecule has 2 aliphatic rings. The molecule has 136 valence electrons. The average Bonchev–Trinajstić information content (AvgIpc) is 3.17. The van der Waals surface area contributed by atoms with Crippen LogP contribution in [-0.4, -0.2) is 48.4 Å². The molecular weight excluding hydrogens is 352 g/mol. The first-order chi connectivity index (χ1) is 12.4. The van der Waals surface area contributed by atoms with Crippen LogP contribution in [0, 0.1) is 6.92 Å². The topological polar surface area (TPSA) is 92.3 Å². The number of nitrogens with one attached hydrogen (secondary N) is 1. The number of hydrogen-bond acceptors (Lipinski definition) is 6. The van der Waals surface area contributed by atoms with E-state index >= 15 is 0 Å². The van der Waals surface area contributed by atoms with Gasteiger partial charge in [0.15, 0.2) is 9.84 Å². The molecule has 0 bridgehead atoms. The number of aromatic nitrogens is 2. The molecule has 0 spiro atoms. The SMILES string of the molecule is Cc1cc(C(=O)NC2CCS(=O)(=O)C2)nc(N2CCc3ccccc32)n1. The van der Waals surface area contributed by atoms with Crippen molar-refractivity contribution in [2.45, 2.75) is 25.8 Å². The van der Waals surface area contributed by atoms with E-state index in [1.54, 1.807) is 6.07 Å². The van der Waals surface area contributed by atoms with E-state index in [0.717, 1.165) is 18.7 Å². The molecule has 26 heavy (non-hydrogen) atoms. The van der Waals surface area contributed by atoms with Crippen LogP contribution in [0.2, 0.25) is 0 Å². The Bertz CT molecular complexity index is 974. The molecule has 1 N–H and O–H groups in total. The number of rotatable bonds is 3. The Labute approximate surface area is 152 Å². The number of benzene rings is 1. The van der Waals surface area contributed by atoms with E-state index < -0.39 is 9.84 Å². The summed E-state index contributed by atoms with van der Waals surface area (Å²) in [5, 5.41) is 2.79. The zero-order chi connectivity index (χ0) is 18.3. The molecule has 0 saturated carbocycles. The molecule has 1 amide bonds. The molecule has 1 aromatic carbocycles. The Morgan fingerprint density at radius 3 is 2.85 bits per heavy atom. The Balaban J connectivity index is 1.58. The third-order valence-electron chi connectivity index (χ3n) is 4.77. The summed E-state index contributed by atoms with van der Waals surface area (Å²) < 4.78 is 23.1. The highest BCUT2D eigenvalue weighted by atomic mass is 32.2. The number of hydrogen-bond donors (Lipinski definition) is 1. The number of nitrogens with zero attached hydrogens (tertiary/aromatic N) is 3. The summed E-state index contributed by atoms with van der Waals surface area (Å²) in [7, 11) is -3.04. The largest absolute Gasteiger partial charge is 0.347 e. The molecular formula is C18H20N4O3S. The van der Waals surface area contributed by atoms with Crippen LogP contribution < -0.4 is 10.2 Å². The second-order valence-electron chi connectivity index (χ2n) is 6.80. The van der Waals surface area contributed by atoms with Gasteiger partial charge in [0.1, 0.15) is 5.69 Å². The van der Waals surface area contributed by atoms with Gasteiger partial charge in [-0.15, -0.1) is 0 Å². The molecule has 0 aliphatic carbocycles. The third kappa shape index (κ3) is 3.29. The van der Waals surface area contributed by atoms with Crippen molar-refractivity contribution in [3.05, 3.63) is 47.3 Å². The highest BCUT2D eigenvalue weighted by Crippen LogP contribution is 2.32. The molecule has 4 rings (SSSR count). The lowest BCUT2D eigenvalue weighted by Gasteiger charge is -2.18. The van der Waals surface area contributed by atoms with Crippen LogP contribution in [0.4, 0.5) is 11.6 Å². The predicted octanol–water partition coefficient (Wildman–Crippen LogP) is 1.40. The summed E-state index contributed by atoms with van der Waals surface area (Å²) in [6.45, 7) is 2.59. The molecule has 7 nitrogen and oxygen atoms in total. The molecule has 0 radical (unpaired) electrons. The first kappa shape index (κ1) is 17.0. The minimum Gasteiger partial charge on any atom is -0.347 e. The second-order valence-corrected chi connectivity index (χ2v) is 9.03. The molecule has 1 atom stereocenters. The number of anilines is 2. The quantitative estimate of drug-likeness (QED) is 0.875. The first-order valence-electron chi connectivity index (χ1n) is 8.64. The van der Waals surface area contributed by atoms with Gasteiger partial charge >= 0.3 is 0 Å². The lowest BCUT2D eigenvalue weighted by atomic mass is 10.2. The Morgan fingerprint density at radius 2 is 2.08 bits per heavy atom. The highest BCUT2D eigenvalue weighted by Gasteiger charge is 2.30. The van der Waals surface area contributed by atoms with Crippen molar-refractivity contribution in [1.82, 2.24) is 15.3 Å². The standard InChI is InChI=1S/C18H20N4O3S/c1-12-10-15(17(23)20-14-7-9-26(24,25)11-14)21-18(19-12)22-8-6-13-4-2-3-5-16(13)22/h2-5,10,14H,6-9,11H2,1H3,(H,20,23). The van der Waals surface area contributed by atoms with Crippen LogP contribution in [0.5, 0.6) is 0 Å². The van der Waals surface area contributed by atoms with E-state index in [0.29, 0.717) is 18.1 Å². The van der Waals surface area contributed by atoms with Gasteiger partial charge in [-0.05, 0) is 37.5 Å². The van der Waals surface area contributed by atoms with Crippen molar-refractivity contribution in [2.75, 3.05) is 23.0 Å². The van der Waals surface area contributed by atoms with Gasteiger partial charge in [0.25, 0.3) is 5.91 Å². The van der Waals surface area contributed by atoms with E-state index in [1.165, 1.54) is 5.56 Å². The van der Waals surface area contributed by atoms with Gasteiger partial charge in [-0.25, -0.2) is 18.4 Å². The van der Waals surface area contributed by atoms with E-state index in [1.807, 2.05) is 30.0 Å². The van der Waals surface area contributed by atoms with E-state index in [9.17, 15) is 13.2 Å². The van der Waals surface area contributed by atoms with Crippen LogP contribution in [0.1, 0.15) is 28.2 Å². The molecule has 2 aromatic rings. The van der Waals surface area contributed by atoms with E-state index in [4.69, 9.17) is 0 Å². The smallest absolute Gasteiger partial charge is 0.270 e. The zero-order valence-electron chi connectivity index (χ0n) is 14.5. The fraction of sp³-hybridized carbons (Fsp3) is 0.389. The number of aryl methyl sites for hydroxylation is 1. The number of para-hydroxylation sites is 1. The molecule has 1 saturated heterocycles. The van der Waals surface area contributed by atoms with Crippen LogP contribution in [0.25, 0.3) is 0 Å². The Kier molecular flexibility index (Phi) is 4.14. The van der Waals surface area contributed by atoms with Gasteiger partial charge in [0.2, 0.25) is 5.95 Å². The fourth-order valence-electron chi connectivity index (χ4n) is 3.50. The van der Waals surface area contributed by atoms with Gasteiger partial charge in [0.05, 0.1) is 11.5 Å². The summed E-state index contributed by atoms with van der Waals surface area (Å²) in [6, 6.07) is 9.37. The summed E-state index contributed by atoms with van der Waals surface area (Å²) in [6.07, 6.45) is 1.36. The summed E-state index contributed by atoms with van der Waals surface area (Å²) >= 11 is 0. The van der Waals surface area contributed by atoms with Crippen molar-refractivity contribution in [2.24, 2.45) is 0 Å². The van der Waals surface area contributed by atoms with Crippen molar-refractivity contribution in [3.63, 3.8) is 0 Å². The van der Waals surface area contributed by atoms with Gasteiger partial charge in [-0.2, -0.15) is 0 Å². The van der Waals surface area contributed by atoms with Crippen LogP contribution in [0.3, 0.4) is 0 Å². The van der Waals surface area contributed by atoms with Gasteiger partial charge in [-0.1, -0.05) is 18.2 Å². The van der Waals surface area contributed by atoms with Crippen LogP contribution in [0.15, 0.2) is 30.3 Å². The Morgan fingerprint density at radius 1 is 1.27 bits per heavy atom. The maximum Gasteiger partial charge on any atom is 0.270 e. The highest BCUT2D eigenvalue weighted by molar-refractivity contribution is 7.91. The number of sulfone groups is 1. The monoisotopic (exact) mass is 372 g/mol. The summed E-state index contributed by atoms with van der Waals surface area (Å²) in [4.78, 5) is 23.5. The zero-order valence-corrected chi connectivity index (χ0v) is 15.3. The fourth-order valence-corrected chi connectivity index (χ4v) is 5.18. The van der Waals surface area contributed by atoms with Crippen LogP contribution in [-0.2, 0) is 16.3 Å². The van der Waals surface area contributed by atoms with Crippen molar-refractivity contribution in [1.29, 1.82) is 0 Å². The van der Waals surface area contributed by atoms with E-state index in [2.05, 4.69) is 21.4 Å². The van der Waals surface area contributed by atoms with Crippen molar-refractivity contribution < 1.29 is 13.2 Å². The summed E-state index contributed by atoms with van der Waals surface area (Å²) in [5.41, 5.74) is 3.26. The summed E-state index contributed by atoms with van der Waals surface area (Å²) in [5.74, 6) is 0.261. The third-order valence-corrected chi connectivity index (χ3v) is 6.54. The first-order valence-corrected chi connectivity index (χ1v) is 10.5. The van der Waals surface area contributed by atoms with Gasteiger partial charge in [0, 0.05) is 24.0 Å². The lowest BCUT2D eigenvalue weighted by Crippen LogP contribution is -2.36. The molecule has 3 heterocycles. The van der Waals surface area contributed by atoms with Crippen LogP contribution >= 0.6 is 0 Å². The molecule has 1 unspecified atom stereocenters. The maximum absolute atomic E-state index is 12.6. The molecule has 8 heteroatoms. The van der Waals surface area contributed by atoms with Gasteiger partial charge < -0.3 is 10.2 Å². The second kappa shape index (κ2) is 6.35. The normalized spacial score (nSPS) is 20.8. The number of fused-ring (bicyclic) bond motifs is 1. The molecule has 1 aromatic heterocycles. The van der Waals surface area contributed by atoms with Crippen molar-refractivity contribution >= 4 is 27.4 Å². The molecule has 2 aliphatic heterocycles. The number of carbonyl (C=O) groups is 1. The molecule has 1 fully saturated rings. The van der Waals surface area contributed by atoms with Crippen molar-refractivity contribution in [3.8, 4) is 0 Å². The average molecular weight is 372 g/mol. The number of carbonyl (C=O) groups excluding carboxylic acids is 1. The maximum atomic E-state index is 12.6. The minimum absolute atomic E-state index is 0.00480. The Hall–Kier alpha value is -2.48. The minimum atomic E-state index is -3.04. The number of amides is 1.